The van der Waals surface area contributed by atoms with Crippen LogP contribution in [0, 0.1) is 5.92 Å². The van der Waals surface area contributed by atoms with Crippen LogP contribution in [0.5, 0.6) is 5.75 Å². The molecule has 0 radical (unpaired) electrons. The van der Waals surface area contributed by atoms with Crippen LogP contribution in [0.1, 0.15) is 12.8 Å². The molecule has 1 atom stereocenters. The predicted molar refractivity (Wildman–Crippen MR) is 65.8 cm³/mol. The Labute approximate surface area is 113 Å². The number of carbonyl (C=O) groups excluding carboxylic acids is 1. The lowest BCUT2D eigenvalue weighted by molar-refractivity contribution is -0.147. The highest BCUT2D eigenvalue weighted by Gasteiger charge is 2.35. The van der Waals surface area contributed by atoms with E-state index in [2.05, 4.69) is 4.74 Å². The molecule has 5 nitrogen and oxygen atoms in total. The fourth-order valence-electron chi connectivity index (χ4n) is 2.22. The third-order valence-corrected chi connectivity index (χ3v) is 3.11. The van der Waals surface area contributed by atoms with Gasteiger partial charge in [0.05, 0.1) is 5.69 Å². The summed E-state index contributed by atoms with van der Waals surface area (Å²) in [6.45, 7) is -2.72. The van der Waals surface area contributed by atoms with E-state index < -0.39 is 24.4 Å². The third-order valence-electron chi connectivity index (χ3n) is 3.11. The second kappa shape index (κ2) is 5.85. The number of piperidine rings is 1. The molecule has 0 aromatic heterocycles. The van der Waals surface area contributed by atoms with Gasteiger partial charge in [-0.15, -0.1) is 0 Å². The zero-order valence-electron chi connectivity index (χ0n) is 10.5. The minimum absolute atomic E-state index is 0.137. The number of anilines is 1. The lowest BCUT2D eigenvalue weighted by atomic mass is 9.96. The highest BCUT2D eigenvalue weighted by Crippen LogP contribution is 2.33. The molecule has 1 aliphatic heterocycles. The number of para-hydroxylation sites is 2. The van der Waals surface area contributed by atoms with E-state index in [1.165, 1.54) is 23.1 Å². The minimum atomic E-state index is -3.01. The molecule has 0 saturated carbocycles. The zero-order chi connectivity index (χ0) is 14.7. The number of ether oxygens (including phenoxy) is 1. The van der Waals surface area contributed by atoms with E-state index in [-0.39, 0.29) is 24.4 Å². The van der Waals surface area contributed by atoms with Crippen molar-refractivity contribution in [2.24, 2.45) is 5.92 Å². The number of carboxylic acid groups (broad SMARTS) is 1. The first kappa shape index (κ1) is 14.2. The molecule has 0 spiro atoms. The molecule has 0 aliphatic carbocycles. The lowest BCUT2D eigenvalue weighted by Crippen LogP contribution is -2.44. The van der Waals surface area contributed by atoms with Gasteiger partial charge in [0.2, 0.25) is 5.91 Å². The van der Waals surface area contributed by atoms with Crippen molar-refractivity contribution in [1.29, 1.82) is 0 Å². The second-order valence-electron chi connectivity index (χ2n) is 4.37. The first-order valence-electron chi connectivity index (χ1n) is 6.08. The summed E-state index contributed by atoms with van der Waals surface area (Å²) >= 11 is 0. The average Bonchev–Trinajstić information content (AvgIpc) is 2.39. The van der Waals surface area contributed by atoms with Gasteiger partial charge in [-0.05, 0) is 25.0 Å². The summed E-state index contributed by atoms with van der Waals surface area (Å²) < 4.78 is 29.1. The minimum Gasteiger partial charge on any atom is -0.481 e. The Kier molecular flexibility index (Phi) is 4.16. The molecule has 1 aromatic rings. The summed E-state index contributed by atoms with van der Waals surface area (Å²) in [7, 11) is 0. The number of amides is 1. The van der Waals surface area contributed by atoms with E-state index in [4.69, 9.17) is 5.11 Å². The molecule has 1 saturated heterocycles. The van der Waals surface area contributed by atoms with Gasteiger partial charge in [-0.25, -0.2) is 0 Å². The highest BCUT2D eigenvalue weighted by atomic mass is 19.3. The molecule has 1 fully saturated rings. The first-order chi connectivity index (χ1) is 9.50. The first-order valence-corrected chi connectivity index (χ1v) is 6.08. The molecule has 1 heterocycles. The molecule has 1 aliphatic rings. The smallest absolute Gasteiger partial charge is 0.387 e. The van der Waals surface area contributed by atoms with Gasteiger partial charge in [-0.1, -0.05) is 12.1 Å². The Bertz CT molecular complexity index is 521. The Morgan fingerprint density at radius 1 is 1.40 bits per heavy atom. The third kappa shape index (κ3) is 2.87. The van der Waals surface area contributed by atoms with Crippen molar-refractivity contribution in [3.05, 3.63) is 24.3 Å². The molecular formula is C13H13F2NO4. The maximum Gasteiger partial charge on any atom is 0.387 e. The van der Waals surface area contributed by atoms with Crippen LogP contribution in [-0.2, 0) is 9.59 Å². The van der Waals surface area contributed by atoms with Gasteiger partial charge in [0.1, 0.15) is 11.7 Å². The van der Waals surface area contributed by atoms with Crippen LogP contribution in [-0.4, -0.2) is 30.1 Å². The molecule has 2 rings (SSSR count). The van der Waals surface area contributed by atoms with Crippen molar-refractivity contribution in [3.63, 3.8) is 0 Å². The number of nitrogens with zero attached hydrogens (tertiary/aromatic N) is 1. The standard InChI is InChI=1S/C13H13F2NO4/c14-13(15)20-10-6-2-1-5-9(10)16-7-3-4-8(11(16)17)12(18)19/h1-2,5-6,8,13H,3-4,7H2,(H,18,19). The number of hydrogen-bond donors (Lipinski definition) is 1. The van der Waals surface area contributed by atoms with Gasteiger partial charge in [0.15, 0.2) is 0 Å². The maximum absolute atomic E-state index is 12.3. The fraction of sp³-hybridized carbons (Fsp3) is 0.385. The van der Waals surface area contributed by atoms with Crippen molar-refractivity contribution in [2.75, 3.05) is 11.4 Å². The predicted octanol–water partition coefficient (Wildman–Crippen LogP) is 2.12. The normalized spacial score (nSPS) is 19.2. The number of benzene rings is 1. The van der Waals surface area contributed by atoms with Gasteiger partial charge in [0, 0.05) is 6.54 Å². The quantitative estimate of drug-likeness (QED) is 0.860. The maximum atomic E-state index is 12.3. The summed E-state index contributed by atoms with van der Waals surface area (Å²) in [6.07, 6.45) is 0.744. The summed E-state index contributed by atoms with van der Waals surface area (Å²) in [5.41, 5.74) is 0.170. The highest BCUT2D eigenvalue weighted by molar-refractivity contribution is 6.06. The summed E-state index contributed by atoms with van der Waals surface area (Å²) in [6, 6.07) is 5.86. The average molecular weight is 285 g/mol. The van der Waals surface area contributed by atoms with Crippen LogP contribution in [0.25, 0.3) is 0 Å². The SMILES string of the molecule is O=C(O)C1CCCN(c2ccccc2OC(F)F)C1=O. The van der Waals surface area contributed by atoms with Crippen LogP contribution in [0.4, 0.5) is 14.5 Å². The fourth-order valence-corrected chi connectivity index (χ4v) is 2.22. The lowest BCUT2D eigenvalue weighted by Gasteiger charge is -2.31. The number of carboxylic acids is 1. The summed E-state index contributed by atoms with van der Waals surface area (Å²) in [5.74, 6) is -3.08. The van der Waals surface area contributed by atoms with E-state index in [1.807, 2.05) is 0 Å². The van der Waals surface area contributed by atoms with Crippen LogP contribution in [0.2, 0.25) is 0 Å². The molecule has 0 bridgehead atoms. The van der Waals surface area contributed by atoms with Crippen LogP contribution in [0.15, 0.2) is 24.3 Å². The van der Waals surface area contributed by atoms with Gasteiger partial charge >= 0.3 is 12.6 Å². The molecule has 7 heteroatoms. The molecule has 1 amide bonds. The molecule has 20 heavy (non-hydrogen) atoms. The molecular weight excluding hydrogens is 272 g/mol. The van der Waals surface area contributed by atoms with Crippen molar-refractivity contribution in [2.45, 2.75) is 19.5 Å². The van der Waals surface area contributed by atoms with E-state index in [9.17, 15) is 18.4 Å². The number of carbonyl (C=O) groups is 2. The van der Waals surface area contributed by atoms with Crippen molar-refractivity contribution < 1.29 is 28.2 Å². The van der Waals surface area contributed by atoms with Gasteiger partial charge < -0.3 is 14.7 Å². The van der Waals surface area contributed by atoms with Gasteiger partial charge in [-0.3, -0.25) is 9.59 Å². The summed E-state index contributed by atoms with van der Waals surface area (Å²) in [5, 5.41) is 8.99. The molecule has 1 N–H and O–H groups in total. The largest absolute Gasteiger partial charge is 0.481 e. The Balaban J connectivity index is 2.30. The van der Waals surface area contributed by atoms with E-state index >= 15 is 0 Å². The number of alkyl halides is 2. The Morgan fingerprint density at radius 3 is 2.75 bits per heavy atom. The monoisotopic (exact) mass is 285 g/mol. The van der Waals surface area contributed by atoms with Crippen molar-refractivity contribution in [1.82, 2.24) is 0 Å². The number of hydrogen-bond acceptors (Lipinski definition) is 3. The molecule has 108 valence electrons. The number of aliphatic carboxylic acids is 1. The topological polar surface area (TPSA) is 66.8 Å². The Morgan fingerprint density at radius 2 is 2.10 bits per heavy atom. The van der Waals surface area contributed by atoms with E-state index in [0.29, 0.717) is 6.42 Å². The van der Waals surface area contributed by atoms with Crippen molar-refractivity contribution in [3.8, 4) is 5.75 Å². The van der Waals surface area contributed by atoms with E-state index in [0.717, 1.165) is 0 Å². The number of halogens is 2. The zero-order valence-corrected chi connectivity index (χ0v) is 10.5. The number of rotatable bonds is 4. The second-order valence-corrected chi connectivity index (χ2v) is 4.37. The van der Waals surface area contributed by atoms with Gasteiger partial charge in [-0.2, -0.15) is 8.78 Å². The van der Waals surface area contributed by atoms with Crippen LogP contribution in [0.3, 0.4) is 0 Å². The summed E-state index contributed by atoms with van der Waals surface area (Å²) in [4.78, 5) is 24.3. The van der Waals surface area contributed by atoms with Crippen molar-refractivity contribution >= 4 is 17.6 Å². The van der Waals surface area contributed by atoms with E-state index in [1.54, 1.807) is 6.07 Å². The molecule has 1 aromatic carbocycles. The van der Waals surface area contributed by atoms with Gasteiger partial charge in [0.25, 0.3) is 0 Å². The van der Waals surface area contributed by atoms with Crippen LogP contribution < -0.4 is 9.64 Å². The Hall–Kier alpha value is -2.18. The van der Waals surface area contributed by atoms with Crippen LogP contribution >= 0.6 is 0 Å². The molecule has 1 unspecified atom stereocenters.